The van der Waals surface area contributed by atoms with Gasteiger partial charge in [0.05, 0.1) is 11.0 Å². The van der Waals surface area contributed by atoms with Crippen LogP contribution in [-0.2, 0) is 6.42 Å². The summed E-state index contributed by atoms with van der Waals surface area (Å²) in [4.78, 5) is 21.8. The fourth-order valence-electron chi connectivity index (χ4n) is 3.61. The van der Waals surface area contributed by atoms with Gasteiger partial charge in [0.25, 0.3) is 5.91 Å². The predicted octanol–water partition coefficient (Wildman–Crippen LogP) is 3.64. The minimum atomic E-state index is -1.20. The zero-order valence-corrected chi connectivity index (χ0v) is 14.6. The molecule has 27 heavy (non-hydrogen) atoms. The number of hydrogen-bond acceptors (Lipinski definition) is 3. The largest absolute Gasteiger partial charge is 0.505 e. The van der Waals surface area contributed by atoms with E-state index in [0.717, 1.165) is 48.3 Å². The Kier molecular flexibility index (Phi) is 4.51. The van der Waals surface area contributed by atoms with Gasteiger partial charge in [-0.15, -0.1) is 0 Å². The van der Waals surface area contributed by atoms with Crippen LogP contribution in [0.15, 0.2) is 36.4 Å². The first-order chi connectivity index (χ1) is 13.0. The number of para-hydroxylation sites is 2. The lowest BCUT2D eigenvalue weighted by Crippen LogP contribution is -2.39. The van der Waals surface area contributed by atoms with Gasteiger partial charge in [-0.05, 0) is 43.0 Å². The fraction of sp³-hybridized carbons (Fsp3) is 0.300. The van der Waals surface area contributed by atoms with E-state index in [4.69, 9.17) is 0 Å². The van der Waals surface area contributed by atoms with E-state index >= 15 is 0 Å². The number of halogens is 2. The molecule has 1 aliphatic rings. The zero-order chi connectivity index (χ0) is 19.0. The predicted molar refractivity (Wildman–Crippen MR) is 96.4 cm³/mol. The molecular formula is C20H19F2N3O2. The van der Waals surface area contributed by atoms with Crippen LogP contribution in [-0.4, -0.2) is 39.0 Å². The second-order valence-corrected chi connectivity index (χ2v) is 6.90. The SMILES string of the molecule is O=C(c1c(F)ccc(O)c1F)N1CCC(Cc2nc3ccccc3[nH]2)CC1. The number of rotatable bonds is 3. The van der Waals surface area contributed by atoms with Crippen LogP contribution in [0, 0.1) is 17.6 Å². The van der Waals surface area contributed by atoms with Gasteiger partial charge >= 0.3 is 0 Å². The highest BCUT2D eigenvalue weighted by Crippen LogP contribution is 2.27. The highest BCUT2D eigenvalue weighted by molar-refractivity contribution is 5.95. The third-order valence-corrected chi connectivity index (χ3v) is 5.11. The molecule has 0 atom stereocenters. The number of phenols is 1. The van der Waals surface area contributed by atoms with Crippen molar-refractivity contribution in [2.24, 2.45) is 5.92 Å². The molecule has 1 amide bonds. The first kappa shape index (κ1) is 17.5. The first-order valence-electron chi connectivity index (χ1n) is 8.93. The monoisotopic (exact) mass is 371 g/mol. The van der Waals surface area contributed by atoms with Crippen LogP contribution in [0.4, 0.5) is 8.78 Å². The number of carbonyl (C=O) groups excluding carboxylic acids is 1. The molecule has 0 saturated carbocycles. The second kappa shape index (κ2) is 6.98. The van der Waals surface area contributed by atoms with E-state index in [9.17, 15) is 18.7 Å². The van der Waals surface area contributed by atoms with Crippen molar-refractivity contribution in [3.63, 3.8) is 0 Å². The lowest BCUT2D eigenvalue weighted by molar-refractivity contribution is 0.0679. The number of hydrogen-bond donors (Lipinski definition) is 2. The minimum Gasteiger partial charge on any atom is -0.505 e. The Morgan fingerprint density at radius 2 is 1.93 bits per heavy atom. The number of piperidine rings is 1. The molecule has 1 aromatic heterocycles. The van der Waals surface area contributed by atoms with Gasteiger partial charge in [-0.1, -0.05) is 12.1 Å². The van der Waals surface area contributed by atoms with Crippen LogP contribution >= 0.6 is 0 Å². The number of imidazole rings is 1. The molecule has 0 aliphatic carbocycles. The van der Waals surface area contributed by atoms with Crippen molar-refractivity contribution in [3.8, 4) is 5.75 Å². The molecule has 7 heteroatoms. The summed E-state index contributed by atoms with van der Waals surface area (Å²) < 4.78 is 27.9. The van der Waals surface area contributed by atoms with Gasteiger partial charge in [0.15, 0.2) is 11.6 Å². The van der Waals surface area contributed by atoms with Crippen molar-refractivity contribution in [1.82, 2.24) is 14.9 Å². The van der Waals surface area contributed by atoms with Gasteiger partial charge in [-0.3, -0.25) is 4.79 Å². The van der Waals surface area contributed by atoms with E-state index in [1.807, 2.05) is 24.3 Å². The van der Waals surface area contributed by atoms with Crippen LogP contribution in [0.3, 0.4) is 0 Å². The third kappa shape index (κ3) is 3.37. The van der Waals surface area contributed by atoms with Crippen molar-refractivity contribution in [2.45, 2.75) is 19.3 Å². The third-order valence-electron chi connectivity index (χ3n) is 5.11. The minimum absolute atomic E-state index is 0.341. The van der Waals surface area contributed by atoms with E-state index in [1.165, 1.54) is 4.90 Å². The summed E-state index contributed by atoms with van der Waals surface area (Å²) in [5, 5.41) is 9.42. The maximum absolute atomic E-state index is 14.0. The number of aromatic nitrogens is 2. The fourth-order valence-corrected chi connectivity index (χ4v) is 3.61. The number of carbonyl (C=O) groups is 1. The Morgan fingerprint density at radius 3 is 2.67 bits per heavy atom. The van der Waals surface area contributed by atoms with Gasteiger partial charge in [0.2, 0.25) is 0 Å². The smallest absolute Gasteiger partial charge is 0.259 e. The Hall–Kier alpha value is -2.96. The molecule has 0 radical (unpaired) electrons. The Bertz CT molecular complexity index is 961. The number of benzene rings is 2. The molecule has 0 spiro atoms. The molecule has 2 heterocycles. The molecule has 2 N–H and O–H groups in total. The molecule has 4 rings (SSSR count). The number of aromatic hydroxyl groups is 1. The summed E-state index contributed by atoms with van der Waals surface area (Å²) in [6.45, 7) is 0.830. The molecule has 1 saturated heterocycles. The maximum atomic E-state index is 14.0. The summed E-state index contributed by atoms with van der Waals surface area (Å²) >= 11 is 0. The number of nitrogens with zero attached hydrogens (tertiary/aromatic N) is 2. The molecule has 2 aromatic carbocycles. The molecule has 0 unspecified atom stereocenters. The lowest BCUT2D eigenvalue weighted by atomic mass is 9.93. The van der Waals surface area contributed by atoms with Crippen molar-refractivity contribution in [3.05, 3.63) is 59.4 Å². The number of aromatic amines is 1. The molecule has 140 valence electrons. The van der Waals surface area contributed by atoms with Gasteiger partial charge in [0, 0.05) is 19.5 Å². The summed E-state index contributed by atoms with van der Waals surface area (Å²) in [5.41, 5.74) is 1.23. The molecule has 1 fully saturated rings. The number of fused-ring (bicyclic) bond motifs is 1. The van der Waals surface area contributed by atoms with E-state index < -0.39 is 28.9 Å². The Morgan fingerprint density at radius 1 is 1.19 bits per heavy atom. The Balaban J connectivity index is 1.41. The molecule has 0 bridgehead atoms. The van der Waals surface area contributed by atoms with Crippen molar-refractivity contribution in [1.29, 1.82) is 0 Å². The zero-order valence-electron chi connectivity index (χ0n) is 14.6. The van der Waals surface area contributed by atoms with E-state index in [0.29, 0.717) is 19.0 Å². The van der Waals surface area contributed by atoms with Crippen LogP contribution in [0.5, 0.6) is 5.75 Å². The van der Waals surface area contributed by atoms with Gasteiger partial charge < -0.3 is 15.0 Å². The number of amides is 1. The normalized spacial score (nSPS) is 15.4. The topological polar surface area (TPSA) is 69.2 Å². The van der Waals surface area contributed by atoms with Gasteiger partial charge in [0.1, 0.15) is 17.2 Å². The van der Waals surface area contributed by atoms with E-state index in [2.05, 4.69) is 9.97 Å². The average Bonchev–Trinajstić information content (AvgIpc) is 3.08. The van der Waals surface area contributed by atoms with Crippen molar-refractivity contribution in [2.75, 3.05) is 13.1 Å². The quantitative estimate of drug-likeness (QED) is 0.739. The molecular weight excluding hydrogens is 352 g/mol. The van der Waals surface area contributed by atoms with Gasteiger partial charge in [-0.25, -0.2) is 13.8 Å². The van der Waals surface area contributed by atoms with Crippen LogP contribution in [0.1, 0.15) is 29.0 Å². The van der Waals surface area contributed by atoms with Crippen molar-refractivity contribution < 1.29 is 18.7 Å². The number of phenolic OH excluding ortho intramolecular Hbond substituents is 1. The summed E-state index contributed by atoms with van der Waals surface area (Å²) in [6, 6.07) is 9.63. The number of H-pyrrole nitrogens is 1. The summed E-state index contributed by atoms with van der Waals surface area (Å²) in [7, 11) is 0. The molecule has 3 aromatic rings. The Labute approximate surface area is 154 Å². The highest BCUT2D eigenvalue weighted by Gasteiger charge is 2.29. The summed E-state index contributed by atoms with van der Waals surface area (Å²) in [5.74, 6) is -2.36. The molecule has 5 nitrogen and oxygen atoms in total. The number of nitrogens with one attached hydrogen (secondary N) is 1. The van der Waals surface area contributed by atoms with Crippen LogP contribution in [0.25, 0.3) is 11.0 Å². The maximum Gasteiger partial charge on any atom is 0.259 e. The number of likely N-dealkylation sites (tertiary alicyclic amines) is 1. The highest BCUT2D eigenvalue weighted by atomic mass is 19.1. The lowest BCUT2D eigenvalue weighted by Gasteiger charge is -2.32. The second-order valence-electron chi connectivity index (χ2n) is 6.90. The van der Waals surface area contributed by atoms with Gasteiger partial charge in [-0.2, -0.15) is 0 Å². The van der Waals surface area contributed by atoms with Crippen LogP contribution in [0.2, 0.25) is 0 Å². The van der Waals surface area contributed by atoms with E-state index in [1.54, 1.807) is 0 Å². The standard InChI is InChI=1S/C20H19F2N3O2/c21-13-5-6-16(26)19(22)18(13)20(27)25-9-7-12(8-10-25)11-17-23-14-3-1-2-4-15(14)24-17/h1-6,12,26H,7-11H2,(H,23,24). The van der Waals surface area contributed by atoms with Crippen LogP contribution < -0.4 is 0 Å². The van der Waals surface area contributed by atoms with Crippen molar-refractivity contribution >= 4 is 16.9 Å². The van der Waals surface area contributed by atoms with E-state index in [-0.39, 0.29) is 0 Å². The average molecular weight is 371 g/mol. The molecule has 1 aliphatic heterocycles. The summed E-state index contributed by atoms with van der Waals surface area (Å²) in [6.07, 6.45) is 2.22. The first-order valence-corrected chi connectivity index (χ1v) is 8.93.